The quantitative estimate of drug-likeness (QED) is 0.813. The average Bonchev–Trinajstić information content (AvgIpc) is 2.29. The number of aromatic nitrogens is 1. The van der Waals surface area contributed by atoms with E-state index in [9.17, 15) is 9.59 Å². The lowest BCUT2D eigenvalue weighted by Crippen LogP contribution is -2.40. The first-order valence-corrected chi connectivity index (χ1v) is 5.99. The molecule has 1 aromatic heterocycles. The molecule has 1 rings (SSSR count). The summed E-state index contributed by atoms with van der Waals surface area (Å²) in [7, 11) is 0. The number of pyridine rings is 1. The zero-order valence-electron chi connectivity index (χ0n) is 9.31. The lowest BCUT2D eigenvalue weighted by atomic mass is 10.1. The van der Waals surface area contributed by atoms with Crippen LogP contribution < -0.4 is 5.32 Å². The molecule has 1 heterocycles. The predicted molar refractivity (Wildman–Crippen MR) is 65.7 cm³/mol. The van der Waals surface area contributed by atoms with E-state index in [2.05, 4.69) is 26.2 Å². The molecule has 0 aliphatic carbocycles. The Labute approximate surface area is 107 Å². The van der Waals surface area contributed by atoms with Gasteiger partial charge in [-0.05, 0) is 34.5 Å². The van der Waals surface area contributed by atoms with Crippen LogP contribution in [0.5, 0.6) is 0 Å². The van der Waals surface area contributed by atoms with Crippen LogP contribution in [-0.2, 0) is 4.79 Å². The Morgan fingerprint density at radius 2 is 2.24 bits per heavy atom. The third-order valence-electron chi connectivity index (χ3n) is 2.17. The van der Waals surface area contributed by atoms with E-state index >= 15 is 0 Å². The number of carbonyl (C=O) groups is 2. The molecule has 6 heteroatoms. The minimum Gasteiger partial charge on any atom is -0.480 e. The maximum absolute atomic E-state index is 11.7. The van der Waals surface area contributed by atoms with Crippen molar-refractivity contribution >= 4 is 27.8 Å². The van der Waals surface area contributed by atoms with E-state index in [4.69, 9.17) is 5.11 Å². The van der Waals surface area contributed by atoms with E-state index < -0.39 is 17.9 Å². The number of hydrogen-bond donors (Lipinski definition) is 2. The van der Waals surface area contributed by atoms with Gasteiger partial charge >= 0.3 is 5.97 Å². The van der Waals surface area contributed by atoms with Crippen LogP contribution in [0, 0.1) is 0 Å². The van der Waals surface area contributed by atoms with E-state index in [1.807, 2.05) is 6.92 Å². The number of aliphatic carboxylic acids is 1. The fourth-order valence-electron chi connectivity index (χ4n) is 1.30. The number of nitrogens with zero attached hydrogens (tertiary/aromatic N) is 1. The molecule has 0 unspecified atom stereocenters. The summed E-state index contributed by atoms with van der Waals surface area (Å²) in [5.41, 5.74) is 0.343. The number of carboxylic acid groups (broad SMARTS) is 1. The van der Waals surface area contributed by atoms with Crippen molar-refractivity contribution in [3.63, 3.8) is 0 Å². The van der Waals surface area contributed by atoms with Crippen molar-refractivity contribution in [3.8, 4) is 0 Å². The largest absolute Gasteiger partial charge is 0.480 e. The summed E-state index contributed by atoms with van der Waals surface area (Å²) >= 11 is 3.16. The van der Waals surface area contributed by atoms with Crippen LogP contribution in [0.4, 0.5) is 0 Å². The van der Waals surface area contributed by atoms with Crippen molar-refractivity contribution in [2.24, 2.45) is 0 Å². The van der Waals surface area contributed by atoms with Crippen LogP contribution in [0.15, 0.2) is 22.9 Å². The third kappa shape index (κ3) is 4.14. The predicted octanol–water partition coefficient (Wildman–Crippen LogP) is 1.83. The van der Waals surface area contributed by atoms with Gasteiger partial charge in [0.05, 0.1) is 5.56 Å². The fraction of sp³-hybridized carbons (Fsp3) is 0.364. The van der Waals surface area contributed by atoms with E-state index in [1.54, 1.807) is 12.1 Å². The Morgan fingerprint density at radius 1 is 1.53 bits per heavy atom. The molecule has 2 N–H and O–H groups in total. The van der Waals surface area contributed by atoms with Crippen molar-refractivity contribution in [1.29, 1.82) is 0 Å². The molecule has 0 spiro atoms. The van der Waals surface area contributed by atoms with Gasteiger partial charge in [0.2, 0.25) is 0 Å². The van der Waals surface area contributed by atoms with Gasteiger partial charge in [0.25, 0.3) is 5.91 Å². The van der Waals surface area contributed by atoms with Gasteiger partial charge < -0.3 is 10.4 Å². The summed E-state index contributed by atoms with van der Waals surface area (Å²) in [6.45, 7) is 1.86. The Kier molecular flexibility index (Phi) is 5.09. The molecule has 5 nitrogen and oxygen atoms in total. The molecular weight excluding hydrogens is 288 g/mol. The molecule has 0 saturated heterocycles. The Morgan fingerprint density at radius 3 is 2.71 bits per heavy atom. The van der Waals surface area contributed by atoms with E-state index in [0.717, 1.165) is 0 Å². The highest BCUT2D eigenvalue weighted by Gasteiger charge is 2.19. The minimum atomic E-state index is -1.02. The normalized spacial score (nSPS) is 11.9. The summed E-state index contributed by atoms with van der Waals surface area (Å²) in [4.78, 5) is 26.5. The molecule has 0 aliphatic heterocycles. The molecule has 1 amide bonds. The van der Waals surface area contributed by atoms with Gasteiger partial charge in [-0.15, -0.1) is 0 Å². The number of nitrogens with one attached hydrogen (secondary N) is 1. The molecular formula is C11H13BrN2O3. The zero-order chi connectivity index (χ0) is 12.8. The second-order valence-electron chi connectivity index (χ2n) is 3.52. The van der Waals surface area contributed by atoms with Crippen molar-refractivity contribution in [2.45, 2.75) is 25.8 Å². The van der Waals surface area contributed by atoms with Crippen LogP contribution >= 0.6 is 15.9 Å². The molecule has 0 saturated carbocycles. The maximum atomic E-state index is 11.7. The first-order valence-electron chi connectivity index (χ1n) is 5.19. The number of carboxylic acids is 1. The van der Waals surface area contributed by atoms with E-state index in [-0.39, 0.29) is 0 Å². The highest BCUT2D eigenvalue weighted by Crippen LogP contribution is 2.07. The summed E-state index contributed by atoms with van der Waals surface area (Å²) < 4.78 is 0.623. The minimum absolute atomic E-state index is 0.343. The molecule has 0 radical (unpaired) electrons. The van der Waals surface area contributed by atoms with Crippen LogP contribution in [0.1, 0.15) is 30.1 Å². The molecule has 0 aromatic carbocycles. The Hall–Kier alpha value is -1.43. The summed E-state index contributed by atoms with van der Waals surface area (Å²) in [5, 5.41) is 11.4. The number of carbonyl (C=O) groups excluding carboxylic acids is 1. The van der Waals surface area contributed by atoms with E-state index in [1.165, 1.54) is 6.20 Å². The van der Waals surface area contributed by atoms with Crippen molar-refractivity contribution < 1.29 is 14.7 Å². The van der Waals surface area contributed by atoms with E-state index in [0.29, 0.717) is 23.0 Å². The molecule has 1 atom stereocenters. The molecule has 0 aliphatic rings. The smallest absolute Gasteiger partial charge is 0.326 e. The lowest BCUT2D eigenvalue weighted by molar-refractivity contribution is -0.139. The van der Waals surface area contributed by atoms with Crippen LogP contribution in [0.2, 0.25) is 0 Å². The third-order valence-corrected chi connectivity index (χ3v) is 2.64. The maximum Gasteiger partial charge on any atom is 0.326 e. The first kappa shape index (κ1) is 13.6. The van der Waals surface area contributed by atoms with Gasteiger partial charge in [-0.25, -0.2) is 9.78 Å². The second-order valence-corrected chi connectivity index (χ2v) is 4.34. The fourth-order valence-corrected chi connectivity index (χ4v) is 1.53. The number of halogens is 1. The first-order chi connectivity index (χ1) is 8.04. The van der Waals surface area contributed by atoms with Crippen LogP contribution in [-0.4, -0.2) is 28.0 Å². The number of rotatable bonds is 5. The standard InChI is InChI=1S/C11H13BrN2O3/c1-2-3-8(11(16)17)14-10(15)7-4-5-9(12)13-6-7/h4-6,8H,2-3H2,1H3,(H,14,15)(H,16,17)/t8-/m1/s1. The molecule has 0 fully saturated rings. The summed E-state index contributed by atoms with van der Waals surface area (Å²) in [6, 6.07) is 2.36. The topological polar surface area (TPSA) is 79.3 Å². The molecule has 92 valence electrons. The molecule has 17 heavy (non-hydrogen) atoms. The van der Waals surface area contributed by atoms with Gasteiger partial charge in [0.1, 0.15) is 10.6 Å². The number of amides is 1. The van der Waals surface area contributed by atoms with Crippen LogP contribution in [0.25, 0.3) is 0 Å². The second kappa shape index (κ2) is 6.34. The SMILES string of the molecule is CCC[C@@H](NC(=O)c1ccc(Br)nc1)C(=O)O. The Bertz CT molecular complexity index is 406. The summed E-state index contributed by atoms with van der Waals surface area (Å²) in [6.07, 6.45) is 2.49. The lowest BCUT2D eigenvalue weighted by Gasteiger charge is -2.13. The number of hydrogen-bond acceptors (Lipinski definition) is 3. The monoisotopic (exact) mass is 300 g/mol. The van der Waals surface area contributed by atoms with Crippen LogP contribution in [0.3, 0.4) is 0 Å². The molecule has 1 aromatic rings. The summed E-state index contributed by atoms with van der Waals surface area (Å²) in [5.74, 6) is -1.45. The average molecular weight is 301 g/mol. The van der Waals surface area contributed by atoms with Crippen molar-refractivity contribution in [2.75, 3.05) is 0 Å². The zero-order valence-corrected chi connectivity index (χ0v) is 10.9. The van der Waals surface area contributed by atoms with Gasteiger partial charge in [-0.3, -0.25) is 4.79 Å². The highest BCUT2D eigenvalue weighted by molar-refractivity contribution is 9.10. The van der Waals surface area contributed by atoms with Crippen molar-refractivity contribution in [3.05, 3.63) is 28.5 Å². The van der Waals surface area contributed by atoms with Crippen molar-refractivity contribution in [1.82, 2.24) is 10.3 Å². The Balaban J connectivity index is 2.70. The van der Waals surface area contributed by atoms with Gasteiger partial charge in [-0.1, -0.05) is 13.3 Å². The van der Waals surface area contributed by atoms with Gasteiger partial charge in [0, 0.05) is 6.20 Å². The van der Waals surface area contributed by atoms with Gasteiger partial charge in [-0.2, -0.15) is 0 Å². The highest BCUT2D eigenvalue weighted by atomic mass is 79.9. The van der Waals surface area contributed by atoms with Gasteiger partial charge in [0.15, 0.2) is 0 Å². The molecule has 0 bridgehead atoms.